The van der Waals surface area contributed by atoms with E-state index in [1.807, 2.05) is 6.92 Å². The third-order valence-corrected chi connectivity index (χ3v) is 5.87. The standard InChI is InChI=1S/C26H41N5O11/c1-3-4-13-27-21(35)9-5-17(14-32)29-23(37)12-8-20(26(41)42)31-24(38)10-6-18(15-33)30-22(36)11-7-19(25(39)40)28-16(2)34/h14-15,17-20H,3-13H2,1-2H3,(H,27,35)(H,28,34)(H,29,37)(H,30,36)(H,31,38)(H,39,40)(H,41,42)/t17-,18-,19-,20?/m0/s1. The minimum atomic E-state index is -1.45. The van der Waals surface area contributed by atoms with Crippen molar-refractivity contribution in [2.24, 2.45) is 0 Å². The lowest BCUT2D eigenvalue weighted by Gasteiger charge is -2.17. The normalized spacial score (nSPS) is 13.3. The molecule has 0 rings (SSSR count). The molecule has 16 heteroatoms. The predicted molar refractivity (Wildman–Crippen MR) is 146 cm³/mol. The van der Waals surface area contributed by atoms with Crippen molar-refractivity contribution in [3.8, 4) is 0 Å². The fourth-order valence-corrected chi connectivity index (χ4v) is 3.55. The maximum Gasteiger partial charge on any atom is 0.326 e. The zero-order valence-corrected chi connectivity index (χ0v) is 23.8. The third kappa shape index (κ3) is 18.1. The van der Waals surface area contributed by atoms with Crippen LogP contribution in [0.3, 0.4) is 0 Å². The molecule has 0 saturated heterocycles. The highest BCUT2D eigenvalue weighted by Crippen LogP contribution is 2.04. The van der Waals surface area contributed by atoms with Gasteiger partial charge in [0.05, 0.1) is 12.1 Å². The lowest BCUT2D eigenvalue weighted by Crippen LogP contribution is -2.44. The minimum absolute atomic E-state index is 0.0172. The van der Waals surface area contributed by atoms with Crippen LogP contribution in [-0.2, 0) is 43.2 Å². The molecule has 236 valence electrons. The number of carbonyl (C=O) groups is 9. The van der Waals surface area contributed by atoms with Gasteiger partial charge in [-0.3, -0.25) is 24.0 Å². The molecule has 0 radical (unpaired) electrons. The van der Waals surface area contributed by atoms with Crippen LogP contribution in [0.1, 0.15) is 78.1 Å². The molecule has 4 atom stereocenters. The number of carboxylic acid groups (broad SMARTS) is 2. The molecule has 0 aromatic carbocycles. The van der Waals surface area contributed by atoms with Gasteiger partial charge in [-0.25, -0.2) is 9.59 Å². The number of hydrogen-bond donors (Lipinski definition) is 7. The predicted octanol–water partition coefficient (Wildman–Crippen LogP) is -1.45. The number of rotatable bonds is 23. The number of hydrogen-bond acceptors (Lipinski definition) is 9. The Labute approximate surface area is 243 Å². The van der Waals surface area contributed by atoms with Crippen LogP contribution < -0.4 is 26.6 Å². The number of carboxylic acids is 2. The van der Waals surface area contributed by atoms with Crippen LogP contribution in [0.4, 0.5) is 0 Å². The van der Waals surface area contributed by atoms with Gasteiger partial charge in [0, 0.05) is 39.2 Å². The second kappa shape index (κ2) is 21.4. The maximum absolute atomic E-state index is 12.3. The van der Waals surface area contributed by atoms with E-state index in [4.69, 9.17) is 5.11 Å². The molecule has 0 bridgehead atoms. The molecule has 1 unspecified atom stereocenters. The van der Waals surface area contributed by atoms with E-state index < -0.39 is 59.7 Å². The monoisotopic (exact) mass is 599 g/mol. The highest BCUT2D eigenvalue weighted by molar-refractivity contribution is 5.86. The first kappa shape index (κ1) is 37.6. The van der Waals surface area contributed by atoms with Crippen molar-refractivity contribution < 1.29 is 53.4 Å². The Balaban J connectivity index is 4.64. The summed E-state index contributed by atoms with van der Waals surface area (Å²) in [6.07, 6.45) is 0.906. The van der Waals surface area contributed by atoms with Gasteiger partial charge in [-0.05, 0) is 32.1 Å². The lowest BCUT2D eigenvalue weighted by atomic mass is 10.1. The average molecular weight is 600 g/mol. The quantitative estimate of drug-likeness (QED) is 0.0528. The summed E-state index contributed by atoms with van der Waals surface area (Å²) in [5.74, 6) is -5.71. The summed E-state index contributed by atoms with van der Waals surface area (Å²) in [6.45, 7) is 3.60. The van der Waals surface area contributed by atoms with E-state index in [0.29, 0.717) is 19.1 Å². The topological polar surface area (TPSA) is 254 Å². The van der Waals surface area contributed by atoms with Crippen molar-refractivity contribution in [3.63, 3.8) is 0 Å². The first-order valence-electron chi connectivity index (χ1n) is 13.6. The fourth-order valence-electron chi connectivity index (χ4n) is 3.55. The average Bonchev–Trinajstić information content (AvgIpc) is 2.92. The maximum atomic E-state index is 12.3. The number of aliphatic carboxylic acids is 2. The molecule has 0 saturated carbocycles. The first-order chi connectivity index (χ1) is 19.8. The summed E-state index contributed by atoms with van der Waals surface area (Å²) < 4.78 is 0. The smallest absolute Gasteiger partial charge is 0.326 e. The van der Waals surface area contributed by atoms with E-state index in [0.717, 1.165) is 19.8 Å². The molecule has 42 heavy (non-hydrogen) atoms. The summed E-state index contributed by atoms with van der Waals surface area (Å²) in [5, 5.41) is 30.3. The van der Waals surface area contributed by atoms with Gasteiger partial charge in [-0.2, -0.15) is 0 Å². The summed E-state index contributed by atoms with van der Waals surface area (Å²) in [6, 6.07) is -4.80. The van der Waals surface area contributed by atoms with Gasteiger partial charge in [-0.15, -0.1) is 0 Å². The molecule has 0 spiro atoms. The van der Waals surface area contributed by atoms with Crippen LogP contribution in [0.5, 0.6) is 0 Å². The van der Waals surface area contributed by atoms with E-state index in [1.54, 1.807) is 0 Å². The second-order valence-corrected chi connectivity index (χ2v) is 9.53. The Bertz CT molecular complexity index is 972. The molecule has 0 aromatic rings. The molecule has 0 aromatic heterocycles. The third-order valence-electron chi connectivity index (χ3n) is 5.87. The Kier molecular flexibility index (Phi) is 19.2. The summed E-state index contributed by atoms with van der Waals surface area (Å²) in [5.41, 5.74) is 0. The van der Waals surface area contributed by atoms with Crippen LogP contribution in [0, 0.1) is 0 Å². The van der Waals surface area contributed by atoms with Crippen LogP contribution in [-0.4, -0.2) is 95.0 Å². The molecular weight excluding hydrogens is 558 g/mol. The van der Waals surface area contributed by atoms with Crippen molar-refractivity contribution in [2.45, 2.75) is 102 Å². The molecule has 0 aliphatic heterocycles. The zero-order valence-electron chi connectivity index (χ0n) is 23.8. The Morgan fingerprint density at radius 3 is 1.43 bits per heavy atom. The minimum Gasteiger partial charge on any atom is -0.480 e. The van der Waals surface area contributed by atoms with E-state index in [1.165, 1.54) is 0 Å². The Hall–Kier alpha value is -4.37. The molecule has 0 fully saturated rings. The van der Waals surface area contributed by atoms with Gasteiger partial charge in [0.2, 0.25) is 29.5 Å². The molecule has 0 heterocycles. The van der Waals surface area contributed by atoms with Gasteiger partial charge >= 0.3 is 11.9 Å². The van der Waals surface area contributed by atoms with Crippen molar-refractivity contribution in [1.29, 1.82) is 0 Å². The Morgan fingerprint density at radius 2 is 1.02 bits per heavy atom. The van der Waals surface area contributed by atoms with Crippen LogP contribution in [0.25, 0.3) is 0 Å². The SMILES string of the molecule is CCCCNC(=O)CC[C@@H](C=O)NC(=O)CCC(NC(=O)CC[C@@H](C=O)NC(=O)CC[C@H](NC(C)=O)C(=O)O)C(=O)O. The van der Waals surface area contributed by atoms with Crippen molar-refractivity contribution in [3.05, 3.63) is 0 Å². The van der Waals surface area contributed by atoms with E-state index in [2.05, 4.69) is 26.6 Å². The number of nitrogens with one attached hydrogen (secondary N) is 5. The van der Waals surface area contributed by atoms with Crippen molar-refractivity contribution in [2.75, 3.05) is 6.54 Å². The molecular formula is C26H41N5O11. The molecule has 0 aliphatic rings. The number of amides is 5. The van der Waals surface area contributed by atoms with E-state index >= 15 is 0 Å². The van der Waals surface area contributed by atoms with Crippen molar-refractivity contribution >= 4 is 54.0 Å². The van der Waals surface area contributed by atoms with Gasteiger partial charge < -0.3 is 46.4 Å². The number of unbranched alkanes of at least 4 members (excludes halogenated alkanes) is 1. The van der Waals surface area contributed by atoms with Crippen LogP contribution in [0.15, 0.2) is 0 Å². The highest BCUT2D eigenvalue weighted by Gasteiger charge is 2.24. The lowest BCUT2D eigenvalue weighted by molar-refractivity contribution is -0.142. The van der Waals surface area contributed by atoms with Crippen molar-refractivity contribution in [1.82, 2.24) is 26.6 Å². The van der Waals surface area contributed by atoms with E-state index in [-0.39, 0.29) is 57.3 Å². The zero-order chi connectivity index (χ0) is 32.1. The van der Waals surface area contributed by atoms with Gasteiger partial charge in [0.25, 0.3) is 0 Å². The van der Waals surface area contributed by atoms with Crippen LogP contribution >= 0.6 is 0 Å². The number of aldehydes is 2. The van der Waals surface area contributed by atoms with Gasteiger partial charge in [0.1, 0.15) is 24.7 Å². The van der Waals surface area contributed by atoms with Crippen LogP contribution in [0.2, 0.25) is 0 Å². The van der Waals surface area contributed by atoms with Gasteiger partial charge in [0.15, 0.2) is 0 Å². The molecule has 5 amide bonds. The largest absolute Gasteiger partial charge is 0.480 e. The summed E-state index contributed by atoms with van der Waals surface area (Å²) in [7, 11) is 0. The fraction of sp³-hybridized carbons (Fsp3) is 0.654. The molecule has 16 nitrogen and oxygen atoms in total. The van der Waals surface area contributed by atoms with E-state index in [9.17, 15) is 48.3 Å². The summed E-state index contributed by atoms with van der Waals surface area (Å²) >= 11 is 0. The summed E-state index contributed by atoms with van der Waals surface area (Å²) in [4.78, 5) is 105. The highest BCUT2D eigenvalue weighted by atomic mass is 16.4. The first-order valence-corrected chi connectivity index (χ1v) is 13.6. The number of carbonyl (C=O) groups excluding carboxylic acids is 7. The second-order valence-electron chi connectivity index (χ2n) is 9.53. The molecule has 7 N–H and O–H groups in total. The Morgan fingerprint density at radius 1 is 0.619 bits per heavy atom. The van der Waals surface area contributed by atoms with Gasteiger partial charge in [-0.1, -0.05) is 13.3 Å². The molecule has 0 aliphatic carbocycles.